The molecule has 1 saturated heterocycles. The summed E-state index contributed by atoms with van der Waals surface area (Å²) in [6.07, 6.45) is 0.570. The molecule has 1 amide bonds. The SMILES string of the molecule is CC[C@@]1(CCl)O[C@@H](n2cnc3c(=O)[nH]c(NC(=O)C(C)C)nc32)[C@H](OC(C)=O)[C@@H]1C. The number of aromatic amines is 1. The third kappa shape index (κ3) is 3.81. The maximum absolute atomic E-state index is 12.5. The van der Waals surface area contributed by atoms with Crippen LogP contribution in [0.3, 0.4) is 0 Å². The zero-order valence-electron chi connectivity index (χ0n) is 17.6. The molecule has 0 bridgehead atoms. The summed E-state index contributed by atoms with van der Waals surface area (Å²) >= 11 is 6.24. The summed E-state index contributed by atoms with van der Waals surface area (Å²) in [7, 11) is 0. The van der Waals surface area contributed by atoms with E-state index < -0.39 is 29.5 Å². The molecule has 0 radical (unpaired) electrons. The van der Waals surface area contributed by atoms with Gasteiger partial charge in [0.25, 0.3) is 5.56 Å². The van der Waals surface area contributed by atoms with Gasteiger partial charge < -0.3 is 9.47 Å². The minimum Gasteiger partial charge on any atom is -0.457 e. The van der Waals surface area contributed by atoms with Crippen LogP contribution in [0.4, 0.5) is 5.95 Å². The van der Waals surface area contributed by atoms with Gasteiger partial charge in [0.2, 0.25) is 11.9 Å². The zero-order valence-corrected chi connectivity index (χ0v) is 18.3. The minimum absolute atomic E-state index is 0.00197. The molecular weight excluding hydrogens is 414 g/mol. The molecule has 4 atom stereocenters. The van der Waals surface area contributed by atoms with Crippen LogP contribution in [0.15, 0.2) is 11.1 Å². The number of ether oxygens (including phenoxy) is 2. The van der Waals surface area contributed by atoms with Crippen LogP contribution in [-0.4, -0.2) is 49.0 Å². The van der Waals surface area contributed by atoms with E-state index in [4.69, 9.17) is 21.1 Å². The first-order chi connectivity index (χ1) is 14.1. The lowest BCUT2D eigenvalue weighted by Crippen LogP contribution is -2.38. The van der Waals surface area contributed by atoms with Gasteiger partial charge in [0.1, 0.15) is 0 Å². The number of alkyl halides is 1. The number of halogens is 1. The van der Waals surface area contributed by atoms with E-state index in [2.05, 4.69) is 20.3 Å². The molecule has 0 saturated carbocycles. The average molecular weight is 440 g/mol. The molecule has 0 aromatic carbocycles. The maximum Gasteiger partial charge on any atom is 0.303 e. The topological polar surface area (TPSA) is 128 Å². The van der Waals surface area contributed by atoms with Gasteiger partial charge in [-0.15, -0.1) is 11.6 Å². The first-order valence-corrected chi connectivity index (χ1v) is 10.4. The van der Waals surface area contributed by atoms with Crippen molar-refractivity contribution in [3.8, 4) is 0 Å². The molecule has 30 heavy (non-hydrogen) atoms. The Morgan fingerprint density at radius 3 is 2.73 bits per heavy atom. The molecule has 1 fully saturated rings. The van der Waals surface area contributed by atoms with E-state index in [0.29, 0.717) is 6.42 Å². The highest BCUT2D eigenvalue weighted by Gasteiger charge is 2.54. The lowest BCUT2D eigenvalue weighted by Gasteiger charge is -2.29. The molecule has 2 N–H and O–H groups in total. The number of carbonyl (C=O) groups excluding carboxylic acids is 2. The van der Waals surface area contributed by atoms with E-state index in [1.54, 1.807) is 18.4 Å². The van der Waals surface area contributed by atoms with E-state index in [1.807, 2.05) is 13.8 Å². The predicted octanol–water partition coefficient (Wildman–Crippen LogP) is 2.20. The number of H-pyrrole nitrogens is 1. The molecule has 0 unspecified atom stereocenters. The Hall–Kier alpha value is -2.46. The van der Waals surface area contributed by atoms with Crippen molar-refractivity contribution in [2.75, 3.05) is 11.2 Å². The smallest absolute Gasteiger partial charge is 0.303 e. The van der Waals surface area contributed by atoms with Gasteiger partial charge >= 0.3 is 5.97 Å². The molecule has 2 aromatic heterocycles. The second-order valence-electron chi connectivity index (χ2n) is 7.81. The quantitative estimate of drug-likeness (QED) is 0.521. The van der Waals surface area contributed by atoms with Crippen LogP contribution in [0.5, 0.6) is 0 Å². The highest BCUT2D eigenvalue weighted by Crippen LogP contribution is 2.46. The number of imidazole rings is 1. The van der Waals surface area contributed by atoms with Crippen molar-refractivity contribution < 1.29 is 19.1 Å². The van der Waals surface area contributed by atoms with Crippen LogP contribution in [0, 0.1) is 11.8 Å². The zero-order chi connectivity index (χ0) is 22.2. The Morgan fingerprint density at radius 1 is 1.47 bits per heavy atom. The summed E-state index contributed by atoms with van der Waals surface area (Å²) in [6, 6.07) is 0. The monoisotopic (exact) mass is 439 g/mol. The number of esters is 1. The lowest BCUT2D eigenvalue weighted by atomic mass is 9.86. The molecular formula is C19H26ClN5O5. The van der Waals surface area contributed by atoms with Crippen LogP contribution in [0.1, 0.15) is 47.3 Å². The van der Waals surface area contributed by atoms with Crippen LogP contribution in [0.25, 0.3) is 11.2 Å². The number of hydrogen-bond acceptors (Lipinski definition) is 7. The second kappa shape index (κ2) is 8.35. The highest BCUT2D eigenvalue weighted by atomic mass is 35.5. The summed E-state index contributed by atoms with van der Waals surface area (Å²) in [4.78, 5) is 47.3. The van der Waals surface area contributed by atoms with Crippen molar-refractivity contribution in [2.24, 2.45) is 11.8 Å². The molecule has 1 aliphatic rings. The number of nitrogens with one attached hydrogen (secondary N) is 2. The Morgan fingerprint density at radius 2 is 2.17 bits per heavy atom. The van der Waals surface area contributed by atoms with Crippen molar-refractivity contribution in [1.82, 2.24) is 19.5 Å². The van der Waals surface area contributed by atoms with Gasteiger partial charge in [-0.3, -0.25) is 29.3 Å². The third-order valence-corrected chi connectivity index (χ3v) is 6.01. The summed E-state index contributed by atoms with van der Waals surface area (Å²) < 4.78 is 13.4. The molecule has 1 aliphatic heterocycles. The third-order valence-electron chi connectivity index (χ3n) is 5.56. The predicted molar refractivity (Wildman–Crippen MR) is 110 cm³/mol. The standard InChI is InChI=1S/C19H26ClN5O5/c1-6-19(7-20)10(4)13(29-11(5)26)17(30-19)25-8-21-12-14(25)22-18(24-16(12)28)23-15(27)9(2)3/h8-10,13,17H,6-7H2,1-5H3,(H2,22,23,24,27,28)/t10-,13+,17+,19-/m0/s1. The number of carbonyl (C=O) groups is 2. The first kappa shape index (κ1) is 22.2. The molecule has 10 nitrogen and oxygen atoms in total. The van der Waals surface area contributed by atoms with Gasteiger partial charge in [-0.25, -0.2) is 4.98 Å². The van der Waals surface area contributed by atoms with Gasteiger partial charge in [-0.1, -0.05) is 27.7 Å². The van der Waals surface area contributed by atoms with E-state index in [-0.39, 0.29) is 40.7 Å². The molecule has 0 aliphatic carbocycles. The molecule has 3 heterocycles. The number of rotatable bonds is 6. The van der Waals surface area contributed by atoms with E-state index in [9.17, 15) is 14.4 Å². The van der Waals surface area contributed by atoms with E-state index >= 15 is 0 Å². The summed E-state index contributed by atoms with van der Waals surface area (Å²) in [5, 5.41) is 2.58. The Kier molecular flexibility index (Phi) is 6.19. The number of amides is 1. The number of fused-ring (bicyclic) bond motifs is 1. The van der Waals surface area contributed by atoms with Crippen LogP contribution < -0.4 is 10.9 Å². The first-order valence-electron chi connectivity index (χ1n) is 9.82. The fourth-order valence-corrected chi connectivity index (χ4v) is 4.11. The lowest BCUT2D eigenvalue weighted by molar-refractivity contribution is -0.154. The fraction of sp³-hybridized carbons (Fsp3) is 0.632. The van der Waals surface area contributed by atoms with Crippen molar-refractivity contribution >= 4 is 40.6 Å². The van der Waals surface area contributed by atoms with Gasteiger partial charge in [0.15, 0.2) is 23.5 Å². The number of hydrogen-bond donors (Lipinski definition) is 2. The van der Waals surface area contributed by atoms with Gasteiger partial charge in [-0.05, 0) is 6.42 Å². The van der Waals surface area contributed by atoms with Gasteiger partial charge in [0.05, 0.1) is 17.8 Å². The molecule has 2 aromatic rings. The van der Waals surface area contributed by atoms with Gasteiger partial charge in [-0.2, -0.15) is 4.98 Å². The van der Waals surface area contributed by atoms with Crippen molar-refractivity contribution in [1.29, 1.82) is 0 Å². The van der Waals surface area contributed by atoms with Crippen molar-refractivity contribution in [2.45, 2.75) is 59.0 Å². The van der Waals surface area contributed by atoms with Crippen molar-refractivity contribution in [3.63, 3.8) is 0 Å². The summed E-state index contributed by atoms with van der Waals surface area (Å²) in [5.41, 5.74) is -0.949. The molecule has 0 spiro atoms. The fourth-order valence-electron chi connectivity index (χ4n) is 3.61. The average Bonchev–Trinajstić information content (AvgIpc) is 3.22. The minimum atomic E-state index is -0.782. The normalized spacial score (nSPS) is 26.3. The van der Waals surface area contributed by atoms with Crippen LogP contribution in [-0.2, 0) is 19.1 Å². The van der Waals surface area contributed by atoms with Crippen molar-refractivity contribution in [3.05, 3.63) is 16.7 Å². The van der Waals surface area contributed by atoms with Gasteiger partial charge in [0, 0.05) is 18.8 Å². The van der Waals surface area contributed by atoms with Crippen LogP contribution >= 0.6 is 11.6 Å². The molecule has 3 rings (SSSR count). The Balaban J connectivity index is 2.09. The molecule has 164 valence electrons. The maximum atomic E-state index is 12.5. The Labute approximate surface area is 178 Å². The molecule has 11 heteroatoms. The number of aromatic nitrogens is 4. The summed E-state index contributed by atoms with van der Waals surface area (Å²) in [6.45, 7) is 8.63. The summed E-state index contributed by atoms with van der Waals surface area (Å²) in [5.74, 6) is -1.05. The number of nitrogens with zero attached hydrogens (tertiary/aromatic N) is 3. The second-order valence-corrected chi connectivity index (χ2v) is 8.07. The number of anilines is 1. The van der Waals surface area contributed by atoms with E-state index in [0.717, 1.165) is 0 Å². The Bertz CT molecular complexity index is 1010. The highest BCUT2D eigenvalue weighted by molar-refractivity contribution is 6.18. The van der Waals surface area contributed by atoms with Crippen LogP contribution in [0.2, 0.25) is 0 Å². The largest absolute Gasteiger partial charge is 0.457 e. The van der Waals surface area contributed by atoms with E-state index in [1.165, 1.54) is 13.3 Å².